The van der Waals surface area contributed by atoms with Crippen LogP contribution in [0.25, 0.3) is 0 Å². The highest BCUT2D eigenvalue weighted by atomic mass is 16.5. The van der Waals surface area contributed by atoms with Crippen LogP contribution < -0.4 is 15.8 Å². The molecule has 2 rings (SSSR count). The third kappa shape index (κ3) is 2.82. The number of benzene rings is 1. The van der Waals surface area contributed by atoms with E-state index in [0.717, 1.165) is 0 Å². The van der Waals surface area contributed by atoms with E-state index in [1.807, 2.05) is 6.92 Å². The maximum absolute atomic E-state index is 12.1. The lowest BCUT2D eigenvalue weighted by atomic mass is 10.1. The third-order valence-electron chi connectivity index (χ3n) is 2.33. The number of amides is 1. The van der Waals surface area contributed by atoms with Crippen LogP contribution in [0, 0.1) is 6.92 Å². The van der Waals surface area contributed by atoms with E-state index in [1.54, 1.807) is 25.1 Å². The molecule has 0 spiro atoms. The predicted octanol–water partition coefficient (Wildman–Crippen LogP) is 1.61. The van der Waals surface area contributed by atoms with Crippen molar-refractivity contribution in [3.63, 3.8) is 0 Å². The van der Waals surface area contributed by atoms with E-state index < -0.39 is 5.91 Å². The molecule has 7 heteroatoms. The van der Waals surface area contributed by atoms with Crippen molar-refractivity contribution in [2.45, 2.75) is 13.8 Å². The van der Waals surface area contributed by atoms with Gasteiger partial charge < -0.3 is 15.0 Å². The molecule has 2 aromatic rings. The van der Waals surface area contributed by atoms with Crippen molar-refractivity contribution in [2.24, 2.45) is 0 Å². The molecule has 0 bridgehead atoms. The molecule has 3 N–H and O–H groups in total. The van der Waals surface area contributed by atoms with Gasteiger partial charge >= 0.3 is 6.01 Å². The second-order valence-corrected chi connectivity index (χ2v) is 3.75. The Morgan fingerprint density at radius 2 is 2.32 bits per heavy atom. The highest BCUT2D eigenvalue weighted by Crippen LogP contribution is 2.25. The summed E-state index contributed by atoms with van der Waals surface area (Å²) in [6.07, 6.45) is 0. The number of hydrogen-bond acceptors (Lipinski definition) is 6. The van der Waals surface area contributed by atoms with Gasteiger partial charge in [0.05, 0.1) is 6.61 Å². The standard InChI is InChI=1S/C12H14N4O3/c1-3-18-9-6-4-5-8(13)10(9)11(17)15-12-14-7(2)16-19-12/h4-6H,3,13H2,1-2H3,(H,14,15,16,17). The van der Waals surface area contributed by atoms with Crippen LogP contribution in [0.4, 0.5) is 11.7 Å². The van der Waals surface area contributed by atoms with Gasteiger partial charge in [0.25, 0.3) is 5.91 Å². The van der Waals surface area contributed by atoms with E-state index in [9.17, 15) is 4.79 Å². The summed E-state index contributed by atoms with van der Waals surface area (Å²) in [6, 6.07) is 5.03. The summed E-state index contributed by atoms with van der Waals surface area (Å²) in [4.78, 5) is 16.0. The average Bonchev–Trinajstić information content (AvgIpc) is 2.75. The second kappa shape index (κ2) is 5.38. The number of ether oxygens (including phenoxy) is 1. The lowest BCUT2D eigenvalue weighted by molar-refractivity contribution is 0.102. The number of nitrogen functional groups attached to an aromatic ring is 1. The van der Waals surface area contributed by atoms with Crippen molar-refractivity contribution in [3.05, 3.63) is 29.6 Å². The van der Waals surface area contributed by atoms with Crippen LogP contribution in [-0.4, -0.2) is 22.7 Å². The van der Waals surface area contributed by atoms with Crippen LogP contribution in [0.5, 0.6) is 5.75 Å². The van der Waals surface area contributed by atoms with Gasteiger partial charge in [0.15, 0.2) is 5.82 Å². The Hall–Kier alpha value is -2.57. The van der Waals surface area contributed by atoms with Crippen molar-refractivity contribution in [1.82, 2.24) is 10.1 Å². The number of nitrogens with one attached hydrogen (secondary N) is 1. The SMILES string of the molecule is CCOc1cccc(N)c1C(=O)Nc1nc(C)no1. The van der Waals surface area contributed by atoms with Crippen LogP contribution in [0.3, 0.4) is 0 Å². The largest absolute Gasteiger partial charge is 0.493 e. The molecule has 0 radical (unpaired) electrons. The van der Waals surface area contributed by atoms with Crippen LogP contribution in [0.1, 0.15) is 23.1 Å². The van der Waals surface area contributed by atoms with Crippen molar-refractivity contribution in [3.8, 4) is 5.75 Å². The Morgan fingerprint density at radius 1 is 1.53 bits per heavy atom. The first-order chi connectivity index (χ1) is 9.11. The molecule has 0 aliphatic heterocycles. The maximum Gasteiger partial charge on any atom is 0.328 e. The average molecular weight is 262 g/mol. The fourth-order valence-corrected chi connectivity index (χ4v) is 1.57. The van der Waals surface area contributed by atoms with Gasteiger partial charge in [-0.2, -0.15) is 4.98 Å². The Morgan fingerprint density at radius 3 is 2.95 bits per heavy atom. The first-order valence-electron chi connectivity index (χ1n) is 5.74. The van der Waals surface area contributed by atoms with Crippen molar-refractivity contribution >= 4 is 17.6 Å². The molecule has 0 saturated carbocycles. The van der Waals surface area contributed by atoms with Crippen molar-refractivity contribution < 1.29 is 14.1 Å². The number of hydrogen-bond donors (Lipinski definition) is 2. The number of nitrogens with zero attached hydrogens (tertiary/aromatic N) is 2. The lowest BCUT2D eigenvalue weighted by Gasteiger charge is -2.11. The van der Waals surface area contributed by atoms with Gasteiger partial charge in [0.2, 0.25) is 0 Å². The predicted molar refractivity (Wildman–Crippen MR) is 69.0 cm³/mol. The molecule has 19 heavy (non-hydrogen) atoms. The summed E-state index contributed by atoms with van der Waals surface area (Å²) in [7, 11) is 0. The van der Waals surface area contributed by atoms with Gasteiger partial charge in [0.1, 0.15) is 11.3 Å². The van der Waals surface area contributed by atoms with E-state index in [2.05, 4.69) is 15.5 Å². The van der Waals surface area contributed by atoms with Crippen LogP contribution >= 0.6 is 0 Å². The second-order valence-electron chi connectivity index (χ2n) is 3.75. The van der Waals surface area contributed by atoms with E-state index in [4.69, 9.17) is 15.0 Å². The number of anilines is 2. The number of carbonyl (C=O) groups excluding carboxylic acids is 1. The summed E-state index contributed by atoms with van der Waals surface area (Å²) in [5.41, 5.74) is 6.37. The monoisotopic (exact) mass is 262 g/mol. The van der Waals surface area contributed by atoms with E-state index in [-0.39, 0.29) is 11.6 Å². The molecule has 0 saturated heterocycles. The normalized spacial score (nSPS) is 10.2. The number of aromatic nitrogens is 2. The highest BCUT2D eigenvalue weighted by molar-refractivity contribution is 6.08. The molecule has 1 aromatic heterocycles. The molecule has 1 amide bonds. The third-order valence-corrected chi connectivity index (χ3v) is 2.33. The summed E-state index contributed by atoms with van der Waals surface area (Å²) in [6.45, 7) is 3.91. The maximum atomic E-state index is 12.1. The number of nitrogens with two attached hydrogens (primary N) is 1. The van der Waals surface area contributed by atoms with Gasteiger partial charge in [0, 0.05) is 5.69 Å². The lowest BCUT2D eigenvalue weighted by Crippen LogP contribution is -2.16. The zero-order chi connectivity index (χ0) is 13.8. The van der Waals surface area contributed by atoms with Gasteiger partial charge in [-0.3, -0.25) is 10.1 Å². The van der Waals surface area contributed by atoms with Gasteiger partial charge in [-0.05, 0) is 26.0 Å². The highest BCUT2D eigenvalue weighted by Gasteiger charge is 2.18. The topological polar surface area (TPSA) is 103 Å². The van der Waals surface area contributed by atoms with Crippen LogP contribution in [-0.2, 0) is 0 Å². The molecule has 7 nitrogen and oxygen atoms in total. The summed E-state index contributed by atoms with van der Waals surface area (Å²) < 4.78 is 10.2. The Labute approximate surface area is 109 Å². The number of aryl methyl sites for hydroxylation is 1. The zero-order valence-electron chi connectivity index (χ0n) is 10.6. The quantitative estimate of drug-likeness (QED) is 0.811. The minimum absolute atomic E-state index is 0.0215. The summed E-state index contributed by atoms with van der Waals surface area (Å²) in [5.74, 6) is 0.391. The van der Waals surface area contributed by atoms with E-state index in [1.165, 1.54) is 0 Å². The van der Waals surface area contributed by atoms with Gasteiger partial charge in [-0.25, -0.2) is 0 Å². The van der Waals surface area contributed by atoms with Gasteiger partial charge in [-0.1, -0.05) is 11.2 Å². The minimum atomic E-state index is -0.454. The number of carbonyl (C=O) groups is 1. The molecule has 0 fully saturated rings. The molecule has 100 valence electrons. The summed E-state index contributed by atoms with van der Waals surface area (Å²) in [5, 5.41) is 6.06. The molecule has 0 unspecified atom stereocenters. The van der Waals surface area contributed by atoms with Crippen molar-refractivity contribution in [1.29, 1.82) is 0 Å². The molecule has 1 heterocycles. The Bertz CT molecular complexity index is 594. The van der Waals surface area contributed by atoms with Crippen LogP contribution in [0.2, 0.25) is 0 Å². The minimum Gasteiger partial charge on any atom is -0.493 e. The molecule has 0 aliphatic carbocycles. The fourth-order valence-electron chi connectivity index (χ4n) is 1.57. The molecule has 0 atom stereocenters. The summed E-state index contributed by atoms with van der Waals surface area (Å²) >= 11 is 0. The van der Waals surface area contributed by atoms with Crippen molar-refractivity contribution in [2.75, 3.05) is 17.7 Å². The Kier molecular flexibility index (Phi) is 3.65. The van der Waals surface area contributed by atoms with E-state index in [0.29, 0.717) is 23.9 Å². The molecule has 0 aliphatic rings. The smallest absolute Gasteiger partial charge is 0.328 e. The molecule has 1 aromatic carbocycles. The van der Waals surface area contributed by atoms with Crippen LogP contribution in [0.15, 0.2) is 22.7 Å². The van der Waals surface area contributed by atoms with E-state index >= 15 is 0 Å². The zero-order valence-corrected chi connectivity index (χ0v) is 10.6. The molecular formula is C12H14N4O3. The first-order valence-corrected chi connectivity index (χ1v) is 5.74. The first kappa shape index (κ1) is 12.9. The van der Waals surface area contributed by atoms with Gasteiger partial charge in [-0.15, -0.1) is 0 Å². The fraction of sp³-hybridized carbons (Fsp3) is 0.250. The Balaban J connectivity index is 2.27. The molecular weight excluding hydrogens is 248 g/mol. The number of rotatable bonds is 4.